The normalized spacial score (nSPS) is 14.8. The van der Waals surface area contributed by atoms with Gasteiger partial charge in [0.25, 0.3) is 0 Å². The van der Waals surface area contributed by atoms with E-state index >= 15 is 0 Å². The Morgan fingerprint density at radius 2 is 1.45 bits per heavy atom. The molecule has 12 heteroatoms. The molecule has 0 aromatic carbocycles. The molecule has 0 aliphatic carbocycles. The van der Waals surface area contributed by atoms with E-state index in [1.165, 1.54) is 6.92 Å². The predicted octanol–water partition coefficient (Wildman–Crippen LogP) is -1.48. The highest BCUT2D eigenvalue weighted by Crippen LogP contribution is 2.06. The third kappa shape index (κ3) is 11.3. The molecular formula is C19H35N5O7. The van der Waals surface area contributed by atoms with Crippen molar-refractivity contribution < 1.29 is 34.2 Å². The molecule has 0 radical (unpaired) electrons. The van der Waals surface area contributed by atoms with Crippen molar-refractivity contribution in [1.82, 2.24) is 16.0 Å². The standard InChI is InChI=1S/C19H35N5O7/c1-10(2)15(24-17(28)12(21)6-4-5-9-20)18(29)22-11(3)16(27)23-13(19(30)31)7-8-14(25)26/h10-13,15H,4-9,20-21H2,1-3H3,(H,22,29)(H,23,27)(H,24,28)(H,25,26)(H,30,31)/t11-,12-,13-,15-/m0/s1. The second-order valence-corrected chi connectivity index (χ2v) is 7.68. The smallest absolute Gasteiger partial charge is 0.326 e. The monoisotopic (exact) mass is 445 g/mol. The Kier molecular flexibility index (Phi) is 13.0. The second kappa shape index (κ2) is 14.3. The van der Waals surface area contributed by atoms with Crippen LogP contribution in [-0.4, -0.2) is 70.6 Å². The van der Waals surface area contributed by atoms with Crippen LogP contribution >= 0.6 is 0 Å². The van der Waals surface area contributed by atoms with Gasteiger partial charge >= 0.3 is 11.9 Å². The summed E-state index contributed by atoms with van der Waals surface area (Å²) in [6.07, 6.45) is 1.08. The van der Waals surface area contributed by atoms with Gasteiger partial charge in [0, 0.05) is 6.42 Å². The lowest BCUT2D eigenvalue weighted by atomic mass is 10.0. The number of carbonyl (C=O) groups excluding carboxylic acids is 3. The van der Waals surface area contributed by atoms with Crippen molar-refractivity contribution in [3.05, 3.63) is 0 Å². The molecule has 4 atom stereocenters. The third-order valence-electron chi connectivity index (χ3n) is 4.57. The van der Waals surface area contributed by atoms with Gasteiger partial charge in [-0.3, -0.25) is 19.2 Å². The van der Waals surface area contributed by atoms with Gasteiger partial charge in [-0.15, -0.1) is 0 Å². The summed E-state index contributed by atoms with van der Waals surface area (Å²) in [6, 6.07) is -4.27. The number of rotatable bonds is 15. The Bertz CT molecular complexity index is 641. The lowest BCUT2D eigenvalue weighted by Crippen LogP contribution is -2.57. The fourth-order valence-corrected chi connectivity index (χ4v) is 2.63. The van der Waals surface area contributed by atoms with Crippen LogP contribution in [0.1, 0.15) is 52.9 Å². The summed E-state index contributed by atoms with van der Waals surface area (Å²) < 4.78 is 0. The summed E-state index contributed by atoms with van der Waals surface area (Å²) in [7, 11) is 0. The van der Waals surface area contributed by atoms with Crippen molar-refractivity contribution in [2.24, 2.45) is 17.4 Å². The predicted molar refractivity (Wildman–Crippen MR) is 112 cm³/mol. The second-order valence-electron chi connectivity index (χ2n) is 7.68. The van der Waals surface area contributed by atoms with E-state index in [0.29, 0.717) is 19.4 Å². The molecule has 0 unspecified atom stereocenters. The third-order valence-corrected chi connectivity index (χ3v) is 4.57. The summed E-state index contributed by atoms with van der Waals surface area (Å²) in [5.41, 5.74) is 11.3. The van der Waals surface area contributed by atoms with Gasteiger partial charge in [-0.25, -0.2) is 4.79 Å². The van der Waals surface area contributed by atoms with Crippen LogP contribution in [0.25, 0.3) is 0 Å². The van der Waals surface area contributed by atoms with Gasteiger partial charge in [0.05, 0.1) is 6.04 Å². The number of carboxylic acids is 2. The molecule has 31 heavy (non-hydrogen) atoms. The van der Waals surface area contributed by atoms with Gasteiger partial charge in [-0.2, -0.15) is 0 Å². The number of carboxylic acid groups (broad SMARTS) is 2. The first-order valence-corrected chi connectivity index (χ1v) is 10.2. The number of aliphatic carboxylic acids is 2. The molecule has 0 saturated carbocycles. The Labute approximate surface area is 181 Å². The number of nitrogens with one attached hydrogen (secondary N) is 3. The molecule has 178 valence electrons. The van der Waals surface area contributed by atoms with Gasteiger partial charge in [0.15, 0.2) is 0 Å². The average molecular weight is 446 g/mol. The fourth-order valence-electron chi connectivity index (χ4n) is 2.63. The van der Waals surface area contributed by atoms with Gasteiger partial charge in [-0.1, -0.05) is 20.3 Å². The van der Waals surface area contributed by atoms with E-state index in [1.54, 1.807) is 13.8 Å². The zero-order valence-corrected chi connectivity index (χ0v) is 18.2. The van der Waals surface area contributed by atoms with Crippen LogP contribution in [0, 0.1) is 5.92 Å². The van der Waals surface area contributed by atoms with E-state index in [4.69, 9.17) is 21.7 Å². The van der Waals surface area contributed by atoms with E-state index < -0.39 is 60.2 Å². The van der Waals surface area contributed by atoms with E-state index in [1.807, 2.05) is 0 Å². The molecule has 0 aromatic rings. The summed E-state index contributed by atoms with van der Waals surface area (Å²) in [5, 5.41) is 25.0. The first kappa shape index (κ1) is 28.3. The van der Waals surface area contributed by atoms with Gasteiger partial charge < -0.3 is 37.6 Å². The van der Waals surface area contributed by atoms with Gasteiger partial charge in [0.2, 0.25) is 17.7 Å². The minimum Gasteiger partial charge on any atom is -0.481 e. The van der Waals surface area contributed by atoms with E-state index in [9.17, 15) is 24.0 Å². The highest BCUT2D eigenvalue weighted by atomic mass is 16.4. The number of hydrogen-bond acceptors (Lipinski definition) is 7. The Morgan fingerprint density at radius 1 is 0.839 bits per heavy atom. The highest BCUT2D eigenvalue weighted by molar-refractivity contribution is 5.94. The topological polar surface area (TPSA) is 214 Å². The van der Waals surface area contributed by atoms with Crippen LogP contribution < -0.4 is 27.4 Å². The van der Waals surface area contributed by atoms with Crippen molar-refractivity contribution in [3.63, 3.8) is 0 Å². The van der Waals surface area contributed by atoms with Crippen molar-refractivity contribution in [2.45, 2.75) is 77.0 Å². The summed E-state index contributed by atoms with van der Waals surface area (Å²) in [6.45, 7) is 5.26. The molecule has 3 amide bonds. The van der Waals surface area contributed by atoms with Crippen LogP contribution in [0.3, 0.4) is 0 Å². The summed E-state index contributed by atoms with van der Waals surface area (Å²) >= 11 is 0. The molecule has 0 heterocycles. The Balaban J connectivity index is 4.91. The quantitative estimate of drug-likeness (QED) is 0.146. The maximum atomic E-state index is 12.6. The maximum absolute atomic E-state index is 12.6. The number of hydrogen-bond donors (Lipinski definition) is 7. The minimum absolute atomic E-state index is 0.302. The van der Waals surface area contributed by atoms with E-state index in [-0.39, 0.29) is 12.3 Å². The van der Waals surface area contributed by atoms with E-state index in [0.717, 1.165) is 6.42 Å². The number of unbranched alkanes of at least 4 members (excludes halogenated alkanes) is 1. The molecule has 0 aromatic heterocycles. The molecule has 0 fully saturated rings. The molecule has 0 aliphatic rings. The number of amides is 3. The molecule has 0 aliphatic heterocycles. The Hall–Kier alpha value is -2.73. The lowest BCUT2D eigenvalue weighted by molar-refractivity contribution is -0.143. The zero-order chi connectivity index (χ0) is 24.1. The molecule has 12 nitrogen and oxygen atoms in total. The summed E-state index contributed by atoms with van der Waals surface area (Å²) in [5.74, 6) is -4.81. The molecule has 0 rings (SSSR count). The number of carbonyl (C=O) groups is 5. The highest BCUT2D eigenvalue weighted by Gasteiger charge is 2.30. The zero-order valence-electron chi connectivity index (χ0n) is 18.2. The molecule has 9 N–H and O–H groups in total. The van der Waals surface area contributed by atoms with Crippen LogP contribution in [0.2, 0.25) is 0 Å². The van der Waals surface area contributed by atoms with Crippen LogP contribution in [-0.2, 0) is 24.0 Å². The first-order valence-electron chi connectivity index (χ1n) is 10.2. The van der Waals surface area contributed by atoms with Crippen LogP contribution in [0.4, 0.5) is 0 Å². The Morgan fingerprint density at radius 3 is 1.94 bits per heavy atom. The van der Waals surface area contributed by atoms with Crippen molar-refractivity contribution in [3.8, 4) is 0 Å². The summed E-state index contributed by atoms with van der Waals surface area (Å²) in [4.78, 5) is 59.0. The minimum atomic E-state index is -1.41. The molecule has 0 saturated heterocycles. The average Bonchev–Trinajstić information content (AvgIpc) is 2.67. The molecule has 0 bridgehead atoms. The van der Waals surface area contributed by atoms with Gasteiger partial charge in [0.1, 0.15) is 18.1 Å². The lowest BCUT2D eigenvalue weighted by Gasteiger charge is -2.25. The van der Waals surface area contributed by atoms with E-state index in [2.05, 4.69) is 16.0 Å². The largest absolute Gasteiger partial charge is 0.481 e. The number of nitrogens with two attached hydrogens (primary N) is 2. The molecular weight excluding hydrogens is 410 g/mol. The van der Waals surface area contributed by atoms with Gasteiger partial charge in [-0.05, 0) is 38.6 Å². The SMILES string of the molecule is CC(C)[C@H](NC(=O)[C@@H](N)CCCCN)C(=O)N[C@@H](C)C(=O)N[C@@H](CCC(=O)O)C(=O)O. The van der Waals surface area contributed by atoms with Crippen molar-refractivity contribution >= 4 is 29.7 Å². The first-order chi connectivity index (χ1) is 14.4. The molecule has 0 spiro atoms. The van der Waals surface area contributed by atoms with Crippen LogP contribution in [0.15, 0.2) is 0 Å². The van der Waals surface area contributed by atoms with Crippen molar-refractivity contribution in [2.75, 3.05) is 6.54 Å². The maximum Gasteiger partial charge on any atom is 0.326 e. The fraction of sp³-hybridized carbons (Fsp3) is 0.737. The van der Waals surface area contributed by atoms with Crippen molar-refractivity contribution in [1.29, 1.82) is 0 Å². The van der Waals surface area contributed by atoms with Crippen LogP contribution in [0.5, 0.6) is 0 Å².